The summed E-state index contributed by atoms with van der Waals surface area (Å²) in [5, 5.41) is 0.945. The van der Waals surface area contributed by atoms with E-state index in [1.54, 1.807) is 0 Å². The van der Waals surface area contributed by atoms with E-state index in [9.17, 15) is 0 Å². The van der Waals surface area contributed by atoms with Crippen molar-refractivity contribution in [3.8, 4) is 0 Å². The van der Waals surface area contributed by atoms with Gasteiger partial charge >= 0.3 is 19.5 Å². The Labute approximate surface area is 71.2 Å². The maximum absolute atomic E-state index is 4.94. The quantitative estimate of drug-likeness (QED) is 0.412. The minimum absolute atomic E-state index is 0. The van der Waals surface area contributed by atoms with Gasteiger partial charge in [-0.05, 0) is 6.92 Å². The summed E-state index contributed by atoms with van der Waals surface area (Å²) in [6, 6.07) is 0. The average molecular weight is 234 g/mol. The molecular formula is C4H9BrO2Zn. The molecule has 0 radical (unpaired) electrons. The Balaban J connectivity index is -0.000000125. The first-order valence-electron chi connectivity index (χ1n) is 2.05. The van der Waals surface area contributed by atoms with E-state index in [2.05, 4.69) is 15.9 Å². The Hall–Kier alpha value is 1.02. The third-order valence-electron chi connectivity index (χ3n) is 0.426. The Bertz CT molecular complexity index is 26.0. The molecule has 0 bridgehead atoms. The van der Waals surface area contributed by atoms with Gasteiger partial charge in [-0.25, -0.2) is 0 Å². The summed E-state index contributed by atoms with van der Waals surface area (Å²) in [6.07, 6.45) is 0. The van der Waals surface area contributed by atoms with Crippen LogP contribution in [0, 0.1) is 0 Å². The van der Waals surface area contributed by atoms with Crippen molar-refractivity contribution in [2.24, 2.45) is 0 Å². The molecule has 46 valence electrons. The molecule has 2 nitrogen and oxygen atoms in total. The zero-order valence-electron chi connectivity index (χ0n) is 5.02. The van der Waals surface area contributed by atoms with Gasteiger partial charge in [0.1, 0.15) is 0 Å². The second kappa shape index (κ2) is 15.7. The number of rotatable bonds is 3. The van der Waals surface area contributed by atoms with Gasteiger partial charge in [-0.2, -0.15) is 0 Å². The first-order valence-corrected chi connectivity index (χ1v) is 3.17. The van der Waals surface area contributed by atoms with E-state index in [4.69, 9.17) is 4.74 Å². The number of hydrogen-bond acceptors (Lipinski definition) is 1. The molecule has 0 aliphatic heterocycles. The van der Waals surface area contributed by atoms with Crippen molar-refractivity contribution in [2.45, 2.75) is 6.92 Å². The van der Waals surface area contributed by atoms with Gasteiger partial charge in [-0.15, -0.1) is 0 Å². The van der Waals surface area contributed by atoms with E-state index in [1.165, 1.54) is 0 Å². The van der Waals surface area contributed by atoms with Gasteiger partial charge in [0.25, 0.3) is 0 Å². The number of alkyl halides is 1. The van der Waals surface area contributed by atoms with Gasteiger partial charge in [0.15, 0.2) is 0 Å². The van der Waals surface area contributed by atoms with Crippen molar-refractivity contribution in [2.75, 3.05) is 18.5 Å². The topological polar surface area (TPSA) is 37.7 Å². The summed E-state index contributed by atoms with van der Waals surface area (Å²) in [6.45, 7) is 3.64. The van der Waals surface area contributed by atoms with Crippen LogP contribution in [0.4, 0.5) is 0 Å². The van der Waals surface area contributed by atoms with Crippen molar-refractivity contribution in [3.63, 3.8) is 0 Å². The van der Waals surface area contributed by atoms with Crippen molar-refractivity contribution >= 4 is 15.9 Å². The predicted octanol–water partition coefficient (Wildman–Crippen LogP) is 1.30. The second-order valence-corrected chi connectivity index (χ2v) is 1.68. The van der Waals surface area contributed by atoms with Crippen LogP contribution in [0.5, 0.6) is 0 Å². The maximum atomic E-state index is 4.94. The Morgan fingerprint density at radius 3 is 2.12 bits per heavy atom. The summed E-state index contributed by atoms with van der Waals surface area (Å²) in [7, 11) is 0. The summed E-state index contributed by atoms with van der Waals surface area (Å²) in [5.41, 5.74) is 0. The van der Waals surface area contributed by atoms with Crippen LogP contribution < -0.4 is 0 Å². The molecule has 0 N–H and O–H groups in total. The maximum Gasteiger partial charge on any atom is 2.00 e. The first kappa shape index (κ1) is 16.0. The first-order chi connectivity index (χ1) is 2.91. The normalized spacial score (nSPS) is 6.75. The monoisotopic (exact) mass is 232 g/mol. The Morgan fingerprint density at radius 1 is 1.50 bits per heavy atom. The minimum atomic E-state index is 0. The Kier molecular flexibility index (Phi) is 31.4. The van der Waals surface area contributed by atoms with Crippen LogP contribution in [0.3, 0.4) is 0 Å². The molecule has 0 saturated carbocycles. The molecule has 0 spiro atoms. The molecule has 0 fully saturated rings. The van der Waals surface area contributed by atoms with Gasteiger partial charge in [0, 0.05) is 11.9 Å². The SMILES string of the molecule is CCOCCBr.[O-2].[Zn+2]. The van der Waals surface area contributed by atoms with Gasteiger partial charge < -0.3 is 10.2 Å². The van der Waals surface area contributed by atoms with Crippen molar-refractivity contribution in [3.05, 3.63) is 0 Å². The molecule has 0 heterocycles. The van der Waals surface area contributed by atoms with Crippen LogP contribution in [0.25, 0.3) is 0 Å². The van der Waals surface area contributed by atoms with Crippen molar-refractivity contribution in [1.82, 2.24) is 0 Å². The second-order valence-electron chi connectivity index (χ2n) is 0.886. The summed E-state index contributed by atoms with van der Waals surface area (Å²) < 4.78 is 4.94. The molecule has 0 rings (SSSR count). The third-order valence-corrected chi connectivity index (χ3v) is 0.749. The van der Waals surface area contributed by atoms with Gasteiger partial charge in [0.05, 0.1) is 6.61 Å². The molecule has 0 amide bonds. The Morgan fingerprint density at radius 2 is 2.00 bits per heavy atom. The zero-order valence-corrected chi connectivity index (χ0v) is 9.58. The fourth-order valence-electron chi connectivity index (χ4n) is 0.199. The van der Waals surface area contributed by atoms with Crippen LogP contribution >= 0.6 is 15.9 Å². The molecule has 0 aliphatic carbocycles. The van der Waals surface area contributed by atoms with E-state index >= 15 is 0 Å². The summed E-state index contributed by atoms with van der Waals surface area (Å²) in [5.74, 6) is 0. The van der Waals surface area contributed by atoms with Crippen molar-refractivity contribution < 1.29 is 29.7 Å². The van der Waals surface area contributed by atoms with E-state index in [0.717, 1.165) is 18.5 Å². The van der Waals surface area contributed by atoms with Crippen LogP contribution in [-0.4, -0.2) is 18.5 Å². The molecule has 0 atom stereocenters. The summed E-state index contributed by atoms with van der Waals surface area (Å²) in [4.78, 5) is 0. The van der Waals surface area contributed by atoms with Crippen LogP contribution in [0.15, 0.2) is 0 Å². The standard InChI is InChI=1S/C4H9BrO.O.Zn/c1-2-6-4-3-5;;/h2-4H2,1H3;;/q;-2;+2. The molecule has 0 aromatic carbocycles. The molecule has 0 aromatic rings. The number of halogens is 1. The molecule has 0 saturated heterocycles. The average Bonchev–Trinajstić information content (AvgIpc) is 1.61. The smallest absolute Gasteiger partial charge is 2.00 e. The molecule has 0 aliphatic rings. The molecule has 0 unspecified atom stereocenters. The van der Waals surface area contributed by atoms with E-state index < -0.39 is 0 Å². The van der Waals surface area contributed by atoms with E-state index in [-0.39, 0.29) is 25.0 Å². The molecule has 0 aromatic heterocycles. The number of hydrogen-bond donors (Lipinski definition) is 0. The summed E-state index contributed by atoms with van der Waals surface area (Å²) >= 11 is 3.23. The molecular weight excluding hydrogens is 225 g/mol. The van der Waals surface area contributed by atoms with Crippen LogP contribution in [0.1, 0.15) is 6.92 Å². The minimum Gasteiger partial charge on any atom is -2.00 e. The third kappa shape index (κ3) is 15.7. The molecule has 4 heteroatoms. The largest absolute Gasteiger partial charge is 2.00 e. The van der Waals surface area contributed by atoms with E-state index in [1.807, 2.05) is 6.92 Å². The van der Waals surface area contributed by atoms with Crippen molar-refractivity contribution in [1.29, 1.82) is 0 Å². The zero-order chi connectivity index (χ0) is 4.83. The van der Waals surface area contributed by atoms with E-state index in [0.29, 0.717) is 0 Å². The van der Waals surface area contributed by atoms with Gasteiger partial charge in [-0.3, -0.25) is 0 Å². The molecule has 8 heavy (non-hydrogen) atoms. The van der Waals surface area contributed by atoms with Gasteiger partial charge in [0.2, 0.25) is 0 Å². The van der Waals surface area contributed by atoms with Crippen LogP contribution in [0.2, 0.25) is 0 Å². The fraction of sp³-hybridized carbons (Fsp3) is 1.00. The van der Waals surface area contributed by atoms with Crippen LogP contribution in [-0.2, 0) is 29.7 Å². The number of ether oxygens (including phenoxy) is 1. The fourth-order valence-corrected chi connectivity index (χ4v) is 0.428. The van der Waals surface area contributed by atoms with Gasteiger partial charge in [-0.1, -0.05) is 15.9 Å². The predicted molar refractivity (Wildman–Crippen MR) is 31.0 cm³/mol.